The van der Waals surface area contributed by atoms with E-state index >= 15 is 0 Å². The fourth-order valence-electron chi connectivity index (χ4n) is 3.48. The molecule has 0 saturated carbocycles. The van der Waals surface area contributed by atoms with E-state index in [0.717, 1.165) is 37.1 Å². The van der Waals surface area contributed by atoms with Gasteiger partial charge >= 0.3 is 0 Å². The van der Waals surface area contributed by atoms with Gasteiger partial charge in [-0.05, 0) is 34.7 Å². The van der Waals surface area contributed by atoms with Gasteiger partial charge < -0.3 is 4.90 Å². The van der Waals surface area contributed by atoms with Crippen molar-refractivity contribution in [3.8, 4) is 0 Å². The van der Waals surface area contributed by atoms with E-state index in [2.05, 4.69) is 65.4 Å². The second kappa shape index (κ2) is 6.34. The molecule has 1 fully saturated rings. The molecular formula is C21H22N2O. The number of piperazine rings is 1. The van der Waals surface area contributed by atoms with Crippen LogP contribution in [0.3, 0.4) is 0 Å². The fraction of sp³-hybridized carbons (Fsp3) is 0.286. The van der Waals surface area contributed by atoms with Crippen LogP contribution in [0.15, 0.2) is 54.6 Å². The summed E-state index contributed by atoms with van der Waals surface area (Å²) in [6.07, 6.45) is 0. The Balaban J connectivity index is 1.64. The Morgan fingerprint density at radius 3 is 2.33 bits per heavy atom. The van der Waals surface area contributed by atoms with Gasteiger partial charge in [-0.25, -0.2) is 0 Å². The number of rotatable bonds is 3. The van der Waals surface area contributed by atoms with Gasteiger partial charge in [-0.15, -0.1) is 0 Å². The average Bonchev–Trinajstić information content (AvgIpc) is 2.63. The first-order valence-corrected chi connectivity index (χ1v) is 8.56. The van der Waals surface area contributed by atoms with Gasteiger partial charge in [0.1, 0.15) is 0 Å². The van der Waals surface area contributed by atoms with E-state index in [1.165, 1.54) is 16.2 Å². The normalized spacial score (nSPS) is 16.7. The molecule has 3 aromatic carbocycles. The highest BCUT2D eigenvalue weighted by molar-refractivity contribution is 6.10. The molecule has 0 unspecified atom stereocenters. The number of carbonyl (C=O) groups excluding carboxylic acids is 1. The molecule has 0 radical (unpaired) electrons. The van der Waals surface area contributed by atoms with Crippen LogP contribution in [0.2, 0.25) is 0 Å². The van der Waals surface area contributed by atoms with Crippen LogP contribution in [0.5, 0.6) is 0 Å². The van der Waals surface area contributed by atoms with Crippen LogP contribution in [0.1, 0.15) is 10.4 Å². The number of hydrogen-bond donors (Lipinski definition) is 0. The third-order valence-corrected chi connectivity index (χ3v) is 5.03. The number of Topliss-reactive ketones (excluding diaryl/α,β-unsaturated/α-hetero) is 1. The van der Waals surface area contributed by atoms with Crippen LogP contribution >= 0.6 is 0 Å². The molecule has 0 aromatic heterocycles. The summed E-state index contributed by atoms with van der Waals surface area (Å²) in [5, 5.41) is 4.78. The lowest BCUT2D eigenvalue weighted by atomic mass is 9.98. The van der Waals surface area contributed by atoms with Crippen molar-refractivity contribution in [1.29, 1.82) is 0 Å². The van der Waals surface area contributed by atoms with Gasteiger partial charge in [0.15, 0.2) is 5.78 Å². The molecule has 3 aromatic rings. The second-order valence-electron chi connectivity index (χ2n) is 6.73. The summed E-state index contributed by atoms with van der Waals surface area (Å²) in [6.45, 7) is 4.53. The van der Waals surface area contributed by atoms with Crippen molar-refractivity contribution in [3.63, 3.8) is 0 Å². The average molecular weight is 318 g/mol. The maximum atomic E-state index is 12.7. The minimum absolute atomic E-state index is 0.217. The number of carbonyl (C=O) groups is 1. The van der Waals surface area contributed by atoms with E-state index in [-0.39, 0.29) is 5.78 Å². The topological polar surface area (TPSA) is 23.6 Å². The number of ketones is 1. The molecule has 24 heavy (non-hydrogen) atoms. The van der Waals surface area contributed by atoms with Gasteiger partial charge in [-0.1, -0.05) is 48.5 Å². The lowest BCUT2D eigenvalue weighted by Crippen LogP contribution is -2.46. The molecule has 0 bridgehead atoms. The Morgan fingerprint density at radius 2 is 1.54 bits per heavy atom. The molecule has 1 aliphatic heterocycles. The molecule has 0 N–H and O–H groups in total. The van der Waals surface area contributed by atoms with Crippen molar-refractivity contribution < 1.29 is 4.79 Å². The first kappa shape index (κ1) is 15.3. The molecule has 4 rings (SSSR count). The van der Waals surface area contributed by atoms with Crippen LogP contribution in [-0.4, -0.2) is 55.4 Å². The molecule has 0 amide bonds. The SMILES string of the molecule is CN1CCN(CC(=O)c2ccc3ccc4ccccc4c3c2)CC1. The summed E-state index contributed by atoms with van der Waals surface area (Å²) in [4.78, 5) is 17.3. The number of benzene rings is 3. The Kier molecular flexibility index (Phi) is 4.05. The van der Waals surface area contributed by atoms with Crippen molar-refractivity contribution >= 4 is 27.3 Å². The van der Waals surface area contributed by atoms with Crippen molar-refractivity contribution in [2.75, 3.05) is 39.8 Å². The van der Waals surface area contributed by atoms with Crippen molar-refractivity contribution in [1.82, 2.24) is 9.80 Å². The highest BCUT2D eigenvalue weighted by Gasteiger charge is 2.17. The minimum Gasteiger partial charge on any atom is -0.304 e. The fourth-order valence-corrected chi connectivity index (χ4v) is 3.48. The Morgan fingerprint density at radius 1 is 0.875 bits per heavy atom. The number of likely N-dealkylation sites (N-methyl/N-ethyl adjacent to an activating group) is 1. The zero-order chi connectivity index (χ0) is 16.5. The number of fused-ring (bicyclic) bond motifs is 3. The minimum atomic E-state index is 0.217. The predicted octanol–water partition coefficient (Wildman–Crippen LogP) is 3.42. The predicted molar refractivity (Wildman–Crippen MR) is 99.7 cm³/mol. The zero-order valence-corrected chi connectivity index (χ0v) is 14.0. The quantitative estimate of drug-likeness (QED) is 0.546. The zero-order valence-electron chi connectivity index (χ0n) is 14.0. The molecule has 3 nitrogen and oxygen atoms in total. The van der Waals surface area contributed by atoms with E-state index in [1.54, 1.807) is 0 Å². The van der Waals surface area contributed by atoms with E-state index in [1.807, 2.05) is 6.07 Å². The highest BCUT2D eigenvalue weighted by Crippen LogP contribution is 2.26. The van der Waals surface area contributed by atoms with Crippen LogP contribution in [0.25, 0.3) is 21.5 Å². The van der Waals surface area contributed by atoms with Crippen LogP contribution in [-0.2, 0) is 0 Å². The number of hydrogen-bond acceptors (Lipinski definition) is 3. The molecule has 0 atom stereocenters. The summed E-state index contributed by atoms with van der Waals surface area (Å²) in [7, 11) is 2.13. The van der Waals surface area contributed by atoms with Gasteiger partial charge in [0.25, 0.3) is 0 Å². The monoisotopic (exact) mass is 318 g/mol. The van der Waals surface area contributed by atoms with Crippen LogP contribution < -0.4 is 0 Å². The summed E-state index contributed by atoms with van der Waals surface area (Å²) in [6, 6.07) is 18.7. The highest BCUT2D eigenvalue weighted by atomic mass is 16.1. The first-order chi connectivity index (χ1) is 11.7. The largest absolute Gasteiger partial charge is 0.304 e. The molecule has 0 aliphatic carbocycles. The Hall–Kier alpha value is -2.23. The van der Waals surface area contributed by atoms with Crippen molar-refractivity contribution in [3.05, 3.63) is 60.2 Å². The maximum absolute atomic E-state index is 12.7. The van der Waals surface area contributed by atoms with E-state index < -0.39 is 0 Å². The lowest BCUT2D eigenvalue weighted by Gasteiger charge is -2.31. The van der Waals surface area contributed by atoms with Gasteiger partial charge in [0.2, 0.25) is 0 Å². The standard InChI is InChI=1S/C21H22N2O/c1-22-10-12-23(13-11-22)15-21(24)18-9-8-17-7-6-16-4-2-3-5-19(16)20(17)14-18/h2-9,14H,10-13,15H2,1H3. The summed E-state index contributed by atoms with van der Waals surface area (Å²) in [5.74, 6) is 0.217. The maximum Gasteiger partial charge on any atom is 0.176 e. The summed E-state index contributed by atoms with van der Waals surface area (Å²) in [5.41, 5.74) is 0.817. The lowest BCUT2D eigenvalue weighted by molar-refractivity contribution is 0.0876. The summed E-state index contributed by atoms with van der Waals surface area (Å²) >= 11 is 0. The van der Waals surface area contributed by atoms with Gasteiger partial charge in [-0.3, -0.25) is 9.69 Å². The molecular weight excluding hydrogens is 296 g/mol. The van der Waals surface area contributed by atoms with E-state index in [4.69, 9.17) is 0 Å². The molecule has 122 valence electrons. The number of nitrogens with zero attached hydrogens (tertiary/aromatic N) is 2. The smallest absolute Gasteiger partial charge is 0.176 e. The van der Waals surface area contributed by atoms with Gasteiger partial charge in [-0.2, -0.15) is 0 Å². The van der Waals surface area contributed by atoms with Crippen molar-refractivity contribution in [2.45, 2.75) is 0 Å². The Bertz CT molecular complexity index is 895. The van der Waals surface area contributed by atoms with Crippen LogP contribution in [0, 0.1) is 0 Å². The molecule has 3 heteroatoms. The molecule has 1 aliphatic rings. The van der Waals surface area contributed by atoms with Crippen molar-refractivity contribution in [2.24, 2.45) is 0 Å². The van der Waals surface area contributed by atoms with Gasteiger partial charge in [0.05, 0.1) is 6.54 Å². The first-order valence-electron chi connectivity index (χ1n) is 8.56. The van der Waals surface area contributed by atoms with Gasteiger partial charge in [0, 0.05) is 31.7 Å². The second-order valence-corrected chi connectivity index (χ2v) is 6.73. The third kappa shape index (κ3) is 2.93. The molecule has 0 spiro atoms. The van der Waals surface area contributed by atoms with E-state index in [0.29, 0.717) is 6.54 Å². The van der Waals surface area contributed by atoms with E-state index in [9.17, 15) is 4.79 Å². The summed E-state index contributed by atoms with van der Waals surface area (Å²) < 4.78 is 0. The van der Waals surface area contributed by atoms with Crippen LogP contribution in [0.4, 0.5) is 0 Å². The third-order valence-electron chi connectivity index (χ3n) is 5.03. The molecule has 1 heterocycles. The molecule has 1 saturated heterocycles. The Labute approximate surface area is 142 Å².